The van der Waals surface area contributed by atoms with Crippen LogP contribution in [0.25, 0.3) is 0 Å². The van der Waals surface area contributed by atoms with E-state index in [-0.39, 0.29) is 5.91 Å². The topological polar surface area (TPSA) is 32.8 Å². The minimum Gasteiger partial charge on any atom is -0.385 e. The van der Waals surface area contributed by atoms with E-state index in [0.717, 1.165) is 42.7 Å². The third-order valence-corrected chi connectivity index (χ3v) is 4.95. The molecule has 0 N–H and O–H groups in total. The summed E-state index contributed by atoms with van der Waals surface area (Å²) in [4.78, 5) is 17.2. The van der Waals surface area contributed by atoms with Gasteiger partial charge in [0.05, 0.1) is 5.56 Å². The highest BCUT2D eigenvalue weighted by molar-refractivity contribution is 9.10. The average molecular weight is 369 g/mol. The van der Waals surface area contributed by atoms with Crippen molar-refractivity contribution in [2.24, 2.45) is 0 Å². The number of methoxy groups -OCH3 is 1. The maximum atomic E-state index is 12.7. The van der Waals surface area contributed by atoms with Gasteiger partial charge in [-0.1, -0.05) is 12.1 Å². The van der Waals surface area contributed by atoms with Gasteiger partial charge in [0.1, 0.15) is 0 Å². The lowest BCUT2D eigenvalue weighted by Gasteiger charge is -2.44. The molecule has 1 aromatic carbocycles. The van der Waals surface area contributed by atoms with Crippen LogP contribution in [0.3, 0.4) is 0 Å². The van der Waals surface area contributed by atoms with Gasteiger partial charge < -0.3 is 9.64 Å². The molecule has 1 saturated heterocycles. The monoisotopic (exact) mass is 368 g/mol. The van der Waals surface area contributed by atoms with Crippen molar-refractivity contribution in [3.63, 3.8) is 0 Å². The number of piperazine rings is 1. The van der Waals surface area contributed by atoms with E-state index < -0.39 is 0 Å². The molecule has 0 radical (unpaired) electrons. The SMILES string of the molecule is COCCCN1C(C)CN(C(=O)c2ccccc2Br)CC1C. The summed E-state index contributed by atoms with van der Waals surface area (Å²) in [5.41, 5.74) is 0.745. The van der Waals surface area contributed by atoms with Gasteiger partial charge in [-0.05, 0) is 48.3 Å². The first kappa shape index (κ1) is 17.4. The van der Waals surface area contributed by atoms with Crippen molar-refractivity contribution in [1.29, 1.82) is 0 Å². The summed E-state index contributed by atoms with van der Waals surface area (Å²) in [7, 11) is 1.74. The molecule has 5 heteroatoms. The van der Waals surface area contributed by atoms with Crippen LogP contribution in [0.2, 0.25) is 0 Å². The molecule has 1 amide bonds. The van der Waals surface area contributed by atoms with Crippen molar-refractivity contribution in [3.8, 4) is 0 Å². The van der Waals surface area contributed by atoms with E-state index in [4.69, 9.17) is 4.74 Å². The fourth-order valence-corrected chi connectivity index (χ4v) is 3.61. The number of nitrogens with zero attached hydrogens (tertiary/aromatic N) is 2. The number of hydrogen-bond donors (Lipinski definition) is 0. The van der Waals surface area contributed by atoms with Gasteiger partial charge in [0.25, 0.3) is 5.91 Å². The summed E-state index contributed by atoms with van der Waals surface area (Å²) < 4.78 is 6.00. The number of ether oxygens (including phenoxy) is 1. The van der Waals surface area contributed by atoms with E-state index in [9.17, 15) is 4.79 Å². The molecule has 1 aromatic rings. The number of hydrogen-bond acceptors (Lipinski definition) is 3. The Morgan fingerprint density at radius 3 is 2.50 bits per heavy atom. The summed E-state index contributed by atoms with van der Waals surface area (Å²) >= 11 is 3.48. The molecule has 2 rings (SSSR count). The highest BCUT2D eigenvalue weighted by atomic mass is 79.9. The Balaban J connectivity index is 2.01. The van der Waals surface area contributed by atoms with Gasteiger partial charge >= 0.3 is 0 Å². The maximum absolute atomic E-state index is 12.7. The molecule has 122 valence electrons. The van der Waals surface area contributed by atoms with Crippen molar-refractivity contribution in [1.82, 2.24) is 9.80 Å². The van der Waals surface area contributed by atoms with Crippen molar-refractivity contribution in [2.75, 3.05) is 33.4 Å². The molecule has 0 bridgehead atoms. The summed E-state index contributed by atoms with van der Waals surface area (Å²) in [5, 5.41) is 0. The van der Waals surface area contributed by atoms with Gasteiger partial charge in [-0.2, -0.15) is 0 Å². The minimum atomic E-state index is 0.114. The Morgan fingerprint density at radius 2 is 1.91 bits per heavy atom. The molecular formula is C17H25BrN2O2. The second kappa shape index (κ2) is 8.09. The van der Waals surface area contributed by atoms with Gasteiger partial charge in [0.15, 0.2) is 0 Å². The largest absolute Gasteiger partial charge is 0.385 e. The minimum absolute atomic E-state index is 0.114. The summed E-state index contributed by atoms with van der Waals surface area (Å²) in [6.07, 6.45) is 1.03. The van der Waals surface area contributed by atoms with E-state index in [0.29, 0.717) is 12.1 Å². The number of halogens is 1. The van der Waals surface area contributed by atoms with E-state index in [1.165, 1.54) is 0 Å². The second-order valence-electron chi connectivity index (χ2n) is 5.97. The number of rotatable bonds is 5. The molecule has 2 unspecified atom stereocenters. The zero-order chi connectivity index (χ0) is 16.1. The molecule has 1 aliphatic rings. The lowest BCUT2D eigenvalue weighted by Crippen LogP contribution is -2.58. The van der Waals surface area contributed by atoms with E-state index >= 15 is 0 Å². The van der Waals surface area contributed by atoms with Gasteiger partial charge in [-0.15, -0.1) is 0 Å². The lowest BCUT2D eigenvalue weighted by atomic mass is 10.1. The molecule has 4 nitrogen and oxygen atoms in total. The first-order valence-corrected chi connectivity index (χ1v) is 8.62. The van der Waals surface area contributed by atoms with Crippen molar-refractivity contribution in [2.45, 2.75) is 32.4 Å². The Bertz CT molecular complexity index is 497. The molecule has 0 aliphatic carbocycles. The first-order chi connectivity index (χ1) is 10.5. The number of benzene rings is 1. The molecule has 0 saturated carbocycles. The normalized spacial score (nSPS) is 22.8. The molecular weight excluding hydrogens is 344 g/mol. The van der Waals surface area contributed by atoms with Crippen LogP contribution in [0, 0.1) is 0 Å². The van der Waals surface area contributed by atoms with E-state index in [1.807, 2.05) is 29.2 Å². The molecule has 0 aromatic heterocycles. The van der Waals surface area contributed by atoms with E-state index in [1.54, 1.807) is 7.11 Å². The predicted octanol–water partition coefficient (Wildman–Crippen LogP) is 3.02. The third kappa shape index (κ3) is 4.09. The molecule has 1 heterocycles. The Morgan fingerprint density at radius 1 is 1.27 bits per heavy atom. The Labute approximate surface area is 141 Å². The van der Waals surface area contributed by atoms with E-state index in [2.05, 4.69) is 34.7 Å². The zero-order valence-electron chi connectivity index (χ0n) is 13.6. The Hall–Kier alpha value is -0.910. The fraction of sp³-hybridized carbons (Fsp3) is 0.588. The molecule has 0 spiro atoms. The number of amides is 1. The quantitative estimate of drug-likeness (QED) is 0.748. The highest BCUT2D eigenvalue weighted by Crippen LogP contribution is 2.22. The van der Waals surface area contributed by atoms with Crippen LogP contribution in [-0.2, 0) is 4.74 Å². The van der Waals surface area contributed by atoms with Gasteiger partial charge in [-0.3, -0.25) is 9.69 Å². The van der Waals surface area contributed by atoms with Crippen LogP contribution < -0.4 is 0 Å². The van der Waals surface area contributed by atoms with Gasteiger partial charge in [0.2, 0.25) is 0 Å². The molecule has 1 aliphatic heterocycles. The maximum Gasteiger partial charge on any atom is 0.255 e. The number of carbonyl (C=O) groups excluding carboxylic acids is 1. The van der Waals surface area contributed by atoms with Crippen LogP contribution in [-0.4, -0.2) is 61.1 Å². The summed E-state index contributed by atoms with van der Waals surface area (Å²) in [6, 6.07) is 8.37. The highest BCUT2D eigenvalue weighted by Gasteiger charge is 2.32. The van der Waals surface area contributed by atoms with Crippen LogP contribution in [0.5, 0.6) is 0 Å². The van der Waals surface area contributed by atoms with Crippen LogP contribution in [0.15, 0.2) is 28.7 Å². The van der Waals surface area contributed by atoms with Crippen molar-refractivity contribution in [3.05, 3.63) is 34.3 Å². The Kier molecular flexibility index (Phi) is 6.41. The predicted molar refractivity (Wildman–Crippen MR) is 92.2 cm³/mol. The van der Waals surface area contributed by atoms with Crippen LogP contribution in [0.4, 0.5) is 0 Å². The zero-order valence-corrected chi connectivity index (χ0v) is 15.2. The van der Waals surface area contributed by atoms with Crippen molar-refractivity contribution >= 4 is 21.8 Å². The summed E-state index contributed by atoms with van der Waals surface area (Å²) in [6.45, 7) is 7.75. The fourth-order valence-electron chi connectivity index (χ4n) is 3.16. The first-order valence-electron chi connectivity index (χ1n) is 7.83. The van der Waals surface area contributed by atoms with Gasteiger partial charge in [-0.25, -0.2) is 0 Å². The smallest absolute Gasteiger partial charge is 0.255 e. The second-order valence-corrected chi connectivity index (χ2v) is 6.83. The van der Waals surface area contributed by atoms with Crippen LogP contribution in [0.1, 0.15) is 30.6 Å². The standard InChI is InChI=1S/C17H25BrN2O2/c1-13-11-19(12-14(2)20(13)9-6-10-22-3)17(21)15-7-4-5-8-16(15)18/h4-5,7-8,13-14H,6,9-12H2,1-3H3. The molecule has 22 heavy (non-hydrogen) atoms. The van der Waals surface area contributed by atoms with Crippen molar-refractivity contribution < 1.29 is 9.53 Å². The van der Waals surface area contributed by atoms with Gasteiger partial charge in [0, 0.05) is 49.9 Å². The average Bonchev–Trinajstić information content (AvgIpc) is 2.49. The lowest BCUT2D eigenvalue weighted by molar-refractivity contribution is 0.0270. The molecule has 1 fully saturated rings. The number of carbonyl (C=O) groups is 1. The van der Waals surface area contributed by atoms with Crippen LogP contribution >= 0.6 is 15.9 Å². The summed E-state index contributed by atoms with van der Waals surface area (Å²) in [5.74, 6) is 0.114. The third-order valence-electron chi connectivity index (χ3n) is 4.26. The molecule has 2 atom stereocenters.